The first-order valence-corrected chi connectivity index (χ1v) is 15.7. The summed E-state index contributed by atoms with van der Waals surface area (Å²) in [6, 6.07) is 14.9. The Kier molecular flexibility index (Phi) is 11.3. The van der Waals surface area contributed by atoms with Gasteiger partial charge in [0.15, 0.2) is 0 Å². The van der Waals surface area contributed by atoms with Gasteiger partial charge in [-0.05, 0) is 50.3 Å². The average molecular weight is 566 g/mol. The first-order chi connectivity index (χ1) is 16.2. The maximum atomic E-state index is 9.19. The molecule has 0 saturated carbocycles. The lowest BCUT2D eigenvalue weighted by atomic mass is 10.2. The molecule has 1 saturated heterocycles. The molecule has 0 atom stereocenters. The lowest BCUT2D eigenvalue weighted by Gasteiger charge is -2.35. The van der Waals surface area contributed by atoms with E-state index < -0.39 is 20.2 Å². The molecule has 0 spiro atoms. The first kappa shape index (κ1) is 29.8. The number of nitrogens with zero attached hydrogens (tertiary/aromatic N) is 3. The standard InChI is InChI=1S/C20H24ClN3S.2CH4O3S/c1-22-11-13-23(14-12-22)9-4-10-24-17-5-2-3-6-19(17)25-20-8-7-16(21)15-18(20)24;2*1-5(2,3)4/h2-3,5-8,15H,4,9-14H2,1H3;2*1H3,(H,2,3,4). The Bertz CT molecular complexity index is 1140. The summed E-state index contributed by atoms with van der Waals surface area (Å²) in [7, 11) is -5.12. The summed E-state index contributed by atoms with van der Waals surface area (Å²) in [5.41, 5.74) is 2.55. The Balaban J connectivity index is 0.000000368. The highest BCUT2D eigenvalue weighted by Crippen LogP contribution is 2.48. The zero-order chi connectivity index (χ0) is 26.2. The molecule has 4 rings (SSSR count). The van der Waals surface area contributed by atoms with E-state index in [0.717, 1.165) is 24.5 Å². The van der Waals surface area contributed by atoms with Crippen LogP contribution >= 0.6 is 23.4 Å². The molecule has 0 unspecified atom stereocenters. The van der Waals surface area contributed by atoms with Crippen molar-refractivity contribution in [1.29, 1.82) is 0 Å². The van der Waals surface area contributed by atoms with Crippen LogP contribution < -0.4 is 4.90 Å². The minimum Gasteiger partial charge on any atom is -0.340 e. The summed E-state index contributed by atoms with van der Waals surface area (Å²) in [5, 5.41) is 0.808. The van der Waals surface area contributed by atoms with E-state index in [4.69, 9.17) is 20.7 Å². The second kappa shape index (κ2) is 13.2. The number of hydrogen-bond donors (Lipinski definition) is 2. The number of benzene rings is 2. The molecule has 0 aromatic heterocycles. The highest BCUT2D eigenvalue weighted by molar-refractivity contribution is 7.99. The van der Waals surface area contributed by atoms with Crippen LogP contribution in [0.3, 0.4) is 0 Å². The maximum absolute atomic E-state index is 9.19. The highest BCUT2D eigenvalue weighted by Gasteiger charge is 2.23. The van der Waals surface area contributed by atoms with Crippen molar-refractivity contribution < 1.29 is 25.9 Å². The minimum absolute atomic E-state index is 0.715. The molecule has 2 aromatic carbocycles. The van der Waals surface area contributed by atoms with E-state index in [2.05, 4.69) is 58.1 Å². The molecular formula is C22H32ClN3O6S3. The van der Waals surface area contributed by atoms with Crippen molar-refractivity contribution in [3.63, 3.8) is 0 Å². The van der Waals surface area contributed by atoms with Crippen LogP contribution in [-0.4, -0.2) is 94.6 Å². The van der Waals surface area contributed by atoms with Crippen molar-refractivity contribution in [2.24, 2.45) is 0 Å². The molecule has 2 N–H and O–H groups in total. The van der Waals surface area contributed by atoms with E-state index >= 15 is 0 Å². The Morgan fingerprint density at radius 1 is 0.857 bits per heavy atom. The van der Waals surface area contributed by atoms with E-state index in [1.807, 2.05) is 17.8 Å². The number of anilines is 2. The van der Waals surface area contributed by atoms with E-state index in [-0.39, 0.29) is 0 Å². The van der Waals surface area contributed by atoms with Gasteiger partial charge >= 0.3 is 0 Å². The maximum Gasteiger partial charge on any atom is 0.261 e. The van der Waals surface area contributed by atoms with Crippen molar-refractivity contribution in [1.82, 2.24) is 9.80 Å². The van der Waals surface area contributed by atoms with Crippen molar-refractivity contribution >= 4 is 55.0 Å². The number of halogens is 1. The molecule has 0 bridgehead atoms. The molecule has 2 aromatic rings. The van der Waals surface area contributed by atoms with Gasteiger partial charge < -0.3 is 14.7 Å². The van der Waals surface area contributed by atoms with Crippen molar-refractivity contribution in [2.75, 3.05) is 63.7 Å². The quantitative estimate of drug-likeness (QED) is 0.532. The van der Waals surface area contributed by atoms with E-state index in [1.165, 1.54) is 47.3 Å². The molecule has 2 aliphatic rings. The zero-order valence-corrected chi connectivity index (χ0v) is 23.2. The van der Waals surface area contributed by atoms with Gasteiger partial charge in [0.2, 0.25) is 0 Å². The lowest BCUT2D eigenvalue weighted by Crippen LogP contribution is -2.45. The third kappa shape index (κ3) is 11.9. The van der Waals surface area contributed by atoms with E-state index in [1.54, 1.807) is 0 Å². The molecule has 0 amide bonds. The summed E-state index contributed by atoms with van der Waals surface area (Å²) in [6.45, 7) is 6.92. The molecule has 35 heavy (non-hydrogen) atoms. The van der Waals surface area contributed by atoms with Gasteiger partial charge in [0, 0.05) is 47.5 Å². The van der Waals surface area contributed by atoms with Crippen LogP contribution in [0.5, 0.6) is 0 Å². The average Bonchev–Trinajstić information content (AvgIpc) is 2.72. The van der Waals surface area contributed by atoms with Gasteiger partial charge in [0.1, 0.15) is 0 Å². The monoisotopic (exact) mass is 565 g/mol. The molecule has 2 aliphatic heterocycles. The van der Waals surface area contributed by atoms with Crippen LogP contribution in [-0.2, 0) is 20.2 Å². The van der Waals surface area contributed by atoms with Crippen LogP contribution in [0.15, 0.2) is 52.3 Å². The third-order valence-corrected chi connectivity index (χ3v) is 6.41. The lowest BCUT2D eigenvalue weighted by molar-refractivity contribution is 0.153. The van der Waals surface area contributed by atoms with Gasteiger partial charge in [-0.2, -0.15) is 16.8 Å². The van der Waals surface area contributed by atoms with Crippen LogP contribution in [0.1, 0.15) is 6.42 Å². The number of para-hydroxylation sites is 1. The Hall–Kier alpha value is -1.38. The highest BCUT2D eigenvalue weighted by atomic mass is 35.5. The van der Waals surface area contributed by atoms with Gasteiger partial charge in [-0.25, -0.2) is 0 Å². The largest absolute Gasteiger partial charge is 0.340 e. The molecule has 1 fully saturated rings. The summed E-state index contributed by atoms with van der Waals surface area (Å²) >= 11 is 8.13. The molecular weight excluding hydrogens is 534 g/mol. The SMILES string of the molecule is CN1CCN(CCCN2c3ccccc3Sc3ccc(Cl)cc32)CC1.CS(=O)(=O)O.CS(=O)(=O)O. The van der Waals surface area contributed by atoms with Gasteiger partial charge in [0.05, 0.1) is 23.9 Å². The summed E-state index contributed by atoms with van der Waals surface area (Å²) < 4.78 is 51.7. The van der Waals surface area contributed by atoms with Crippen molar-refractivity contribution in [2.45, 2.75) is 16.2 Å². The van der Waals surface area contributed by atoms with E-state index in [0.29, 0.717) is 12.5 Å². The molecule has 0 radical (unpaired) electrons. The predicted molar refractivity (Wildman–Crippen MR) is 143 cm³/mol. The number of hydrogen-bond acceptors (Lipinski definition) is 8. The van der Waals surface area contributed by atoms with E-state index in [9.17, 15) is 16.8 Å². The molecule has 196 valence electrons. The van der Waals surface area contributed by atoms with Crippen molar-refractivity contribution in [3.05, 3.63) is 47.5 Å². The fourth-order valence-electron chi connectivity index (χ4n) is 3.57. The third-order valence-electron chi connectivity index (χ3n) is 5.04. The van der Waals surface area contributed by atoms with Crippen LogP contribution in [0, 0.1) is 0 Å². The summed E-state index contributed by atoms with van der Waals surface area (Å²) in [6.07, 6.45) is 2.59. The second-order valence-electron chi connectivity index (χ2n) is 8.30. The van der Waals surface area contributed by atoms with Gasteiger partial charge in [-0.1, -0.05) is 35.5 Å². The molecule has 0 aliphatic carbocycles. The Labute approximate surface area is 217 Å². The summed E-state index contributed by atoms with van der Waals surface area (Å²) in [4.78, 5) is 10.1. The first-order valence-electron chi connectivity index (χ1n) is 10.8. The van der Waals surface area contributed by atoms with Gasteiger partial charge in [-0.15, -0.1) is 0 Å². The minimum atomic E-state index is -3.67. The predicted octanol–water partition coefficient (Wildman–Crippen LogP) is 3.59. The fourth-order valence-corrected chi connectivity index (χ4v) is 4.81. The van der Waals surface area contributed by atoms with Gasteiger partial charge in [0.25, 0.3) is 20.2 Å². The zero-order valence-electron chi connectivity index (χ0n) is 20.0. The fraction of sp³-hybridized carbons (Fsp3) is 0.455. The topological polar surface area (TPSA) is 118 Å². The second-order valence-corrected chi connectivity index (χ2v) is 12.8. The van der Waals surface area contributed by atoms with Crippen LogP contribution in [0.2, 0.25) is 5.02 Å². The number of piperazine rings is 1. The Morgan fingerprint density at radius 2 is 1.40 bits per heavy atom. The number of fused-ring (bicyclic) bond motifs is 2. The number of likely N-dealkylation sites (N-methyl/N-ethyl adjacent to an activating group) is 1. The Morgan fingerprint density at radius 3 is 2.00 bits per heavy atom. The summed E-state index contributed by atoms with van der Waals surface area (Å²) in [5.74, 6) is 0. The molecule has 9 nitrogen and oxygen atoms in total. The molecule has 2 heterocycles. The van der Waals surface area contributed by atoms with Gasteiger partial charge in [-0.3, -0.25) is 9.11 Å². The smallest absolute Gasteiger partial charge is 0.261 e. The molecule has 13 heteroatoms. The van der Waals surface area contributed by atoms with Crippen LogP contribution in [0.4, 0.5) is 11.4 Å². The number of rotatable bonds is 4. The normalized spacial score (nSPS) is 16.2. The van der Waals surface area contributed by atoms with Crippen molar-refractivity contribution in [3.8, 4) is 0 Å². The van der Waals surface area contributed by atoms with Crippen LogP contribution in [0.25, 0.3) is 0 Å².